The summed E-state index contributed by atoms with van der Waals surface area (Å²) in [5.41, 5.74) is 5.11. The third-order valence-corrected chi connectivity index (χ3v) is 4.04. The Labute approximate surface area is 129 Å². The van der Waals surface area contributed by atoms with Gasteiger partial charge in [0.1, 0.15) is 17.3 Å². The third-order valence-electron chi connectivity index (χ3n) is 2.82. The van der Waals surface area contributed by atoms with E-state index in [-0.39, 0.29) is 17.1 Å². The summed E-state index contributed by atoms with van der Waals surface area (Å²) >= 11 is 7.17. The first-order valence-electron chi connectivity index (χ1n) is 5.84. The Hall–Kier alpha value is -1.86. The minimum atomic E-state index is -0.790. The smallest absolute Gasteiger partial charge is 0.170 e. The predicted octanol–water partition coefficient (Wildman–Crippen LogP) is 3.41. The molecule has 0 amide bonds. The lowest BCUT2D eigenvalue weighted by Crippen LogP contribution is -2.20. The Morgan fingerprint density at radius 3 is 2.48 bits per heavy atom. The Balaban J connectivity index is 2.31. The molecule has 1 aromatic heterocycles. The van der Waals surface area contributed by atoms with Crippen LogP contribution in [0.3, 0.4) is 0 Å². The Bertz CT molecular complexity index is 667. The van der Waals surface area contributed by atoms with E-state index in [0.29, 0.717) is 10.9 Å². The number of nitrogens with zero attached hydrogens (tertiary/aromatic N) is 2. The standard InChI is InChI=1S/C13H12ClF2N3OS/c1-19(6-8-2-3-11(14)21-8)12-9(15)4-7(5-10(12)16)13(17)18-20/h2-5,20H,6H2,1H3,(H2,17,18). The zero-order valence-electron chi connectivity index (χ0n) is 11.0. The first kappa shape index (κ1) is 15.5. The molecular weight excluding hydrogens is 320 g/mol. The van der Waals surface area contributed by atoms with Gasteiger partial charge in [-0.3, -0.25) is 0 Å². The SMILES string of the molecule is CN(Cc1ccc(Cl)s1)c1c(F)cc(/C(N)=N/O)cc1F. The molecule has 0 aliphatic rings. The molecule has 0 saturated heterocycles. The van der Waals surface area contributed by atoms with Crippen LogP contribution in [0.5, 0.6) is 0 Å². The fraction of sp³-hybridized carbons (Fsp3) is 0.154. The molecule has 0 radical (unpaired) electrons. The van der Waals surface area contributed by atoms with Crippen LogP contribution in [0.2, 0.25) is 4.34 Å². The summed E-state index contributed by atoms with van der Waals surface area (Å²) in [6, 6.07) is 5.56. The van der Waals surface area contributed by atoms with Crippen molar-refractivity contribution in [2.24, 2.45) is 10.9 Å². The van der Waals surface area contributed by atoms with Crippen LogP contribution >= 0.6 is 22.9 Å². The van der Waals surface area contributed by atoms with E-state index in [1.54, 1.807) is 19.2 Å². The topological polar surface area (TPSA) is 61.8 Å². The van der Waals surface area contributed by atoms with Crippen LogP contribution < -0.4 is 10.6 Å². The lowest BCUT2D eigenvalue weighted by Gasteiger charge is -2.20. The van der Waals surface area contributed by atoms with Gasteiger partial charge < -0.3 is 15.8 Å². The van der Waals surface area contributed by atoms with Gasteiger partial charge in [0.25, 0.3) is 0 Å². The Kier molecular flexibility index (Phi) is 4.64. The van der Waals surface area contributed by atoms with E-state index in [4.69, 9.17) is 22.5 Å². The van der Waals surface area contributed by atoms with Crippen molar-refractivity contribution in [3.8, 4) is 0 Å². The molecule has 112 valence electrons. The largest absolute Gasteiger partial charge is 0.409 e. The van der Waals surface area contributed by atoms with E-state index in [0.717, 1.165) is 17.0 Å². The minimum Gasteiger partial charge on any atom is -0.409 e. The van der Waals surface area contributed by atoms with E-state index < -0.39 is 11.6 Å². The van der Waals surface area contributed by atoms with Crippen LogP contribution in [0.25, 0.3) is 0 Å². The van der Waals surface area contributed by atoms with Crippen molar-refractivity contribution >= 4 is 34.5 Å². The second-order valence-corrected chi connectivity index (χ2v) is 6.14. The molecule has 21 heavy (non-hydrogen) atoms. The highest BCUT2D eigenvalue weighted by molar-refractivity contribution is 7.16. The molecule has 1 heterocycles. The van der Waals surface area contributed by atoms with Crippen molar-refractivity contribution < 1.29 is 14.0 Å². The number of benzene rings is 1. The van der Waals surface area contributed by atoms with Gasteiger partial charge in [0.15, 0.2) is 5.84 Å². The number of hydrogen-bond donors (Lipinski definition) is 2. The van der Waals surface area contributed by atoms with Gasteiger partial charge in [-0.15, -0.1) is 11.3 Å². The average molecular weight is 332 g/mol. The molecule has 8 heteroatoms. The summed E-state index contributed by atoms with van der Waals surface area (Å²) < 4.78 is 28.8. The number of thiophene rings is 1. The minimum absolute atomic E-state index is 0.0242. The summed E-state index contributed by atoms with van der Waals surface area (Å²) in [5, 5.41) is 11.3. The average Bonchev–Trinajstić information content (AvgIpc) is 2.82. The van der Waals surface area contributed by atoms with Gasteiger partial charge in [-0.2, -0.15) is 0 Å². The summed E-state index contributed by atoms with van der Waals surface area (Å²) in [5.74, 6) is -1.93. The fourth-order valence-electron chi connectivity index (χ4n) is 1.89. The van der Waals surface area contributed by atoms with E-state index in [2.05, 4.69) is 5.16 Å². The molecule has 0 aliphatic carbocycles. The molecule has 0 spiro atoms. The van der Waals surface area contributed by atoms with E-state index >= 15 is 0 Å². The van der Waals surface area contributed by atoms with Gasteiger partial charge in [-0.05, 0) is 24.3 Å². The fourth-order valence-corrected chi connectivity index (χ4v) is 3.03. The monoisotopic (exact) mass is 331 g/mol. The van der Waals surface area contributed by atoms with Crippen molar-refractivity contribution in [3.05, 3.63) is 50.7 Å². The molecule has 0 aliphatic heterocycles. The molecule has 2 aromatic rings. The van der Waals surface area contributed by atoms with Crippen molar-refractivity contribution in [1.82, 2.24) is 0 Å². The molecule has 1 aromatic carbocycles. The summed E-state index contributed by atoms with van der Waals surface area (Å²) in [6.07, 6.45) is 0. The molecule has 0 bridgehead atoms. The van der Waals surface area contributed by atoms with Gasteiger partial charge >= 0.3 is 0 Å². The molecule has 0 atom stereocenters. The second kappa shape index (κ2) is 6.28. The lowest BCUT2D eigenvalue weighted by atomic mass is 10.1. The highest BCUT2D eigenvalue weighted by atomic mass is 35.5. The third kappa shape index (κ3) is 3.43. The van der Waals surface area contributed by atoms with Gasteiger partial charge in [-0.25, -0.2) is 8.78 Å². The molecule has 3 N–H and O–H groups in total. The van der Waals surface area contributed by atoms with Crippen LogP contribution in [0.1, 0.15) is 10.4 Å². The van der Waals surface area contributed by atoms with Crippen LogP contribution in [0.15, 0.2) is 29.4 Å². The summed E-state index contributed by atoms with van der Waals surface area (Å²) in [6.45, 7) is 0.314. The number of anilines is 1. The van der Waals surface area contributed by atoms with Gasteiger partial charge in [0, 0.05) is 17.5 Å². The summed E-state index contributed by atoms with van der Waals surface area (Å²) in [4.78, 5) is 2.31. The van der Waals surface area contributed by atoms with Crippen LogP contribution in [0.4, 0.5) is 14.5 Å². The van der Waals surface area contributed by atoms with E-state index in [1.165, 1.54) is 16.2 Å². The predicted molar refractivity (Wildman–Crippen MR) is 80.3 cm³/mol. The maximum absolute atomic E-state index is 14.1. The molecule has 0 fully saturated rings. The Morgan fingerprint density at radius 2 is 2.00 bits per heavy atom. The molecule has 0 saturated carbocycles. The highest BCUT2D eigenvalue weighted by Crippen LogP contribution is 2.28. The first-order chi connectivity index (χ1) is 9.92. The number of oxime groups is 1. The van der Waals surface area contributed by atoms with Crippen molar-refractivity contribution in [2.75, 3.05) is 11.9 Å². The van der Waals surface area contributed by atoms with Crippen molar-refractivity contribution in [1.29, 1.82) is 0 Å². The quantitative estimate of drug-likeness (QED) is 0.390. The summed E-state index contributed by atoms with van der Waals surface area (Å²) in [7, 11) is 1.57. The number of halogens is 3. The van der Waals surface area contributed by atoms with Gasteiger partial charge in [-0.1, -0.05) is 16.8 Å². The number of hydrogen-bond acceptors (Lipinski definition) is 4. The number of amidine groups is 1. The highest BCUT2D eigenvalue weighted by Gasteiger charge is 2.17. The van der Waals surface area contributed by atoms with E-state index in [9.17, 15) is 8.78 Å². The van der Waals surface area contributed by atoms with Crippen LogP contribution in [0, 0.1) is 11.6 Å². The van der Waals surface area contributed by atoms with E-state index in [1.807, 2.05) is 0 Å². The molecule has 0 unspecified atom stereocenters. The van der Waals surface area contributed by atoms with Crippen molar-refractivity contribution in [2.45, 2.75) is 6.54 Å². The Morgan fingerprint density at radius 1 is 1.38 bits per heavy atom. The van der Waals surface area contributed by atoms with Crippen LogP contribution in [-0.4, -0.2) is 18.1 Å². The van der Waals surface area contributed by atoms with Gasteiger partial charge in [0.05, 0.1) is 10.9 Å². The lowest BCUT2D eigenvalue weighted by molar-refractivity contribution is 0.318. The zero-order chi connectivity index (χ0) is 15.6. The first-order valence-corrected chi connectivity index (χ1v) is 7.04. The maximum Gasteiger partial charge on any atom is 0.170 e. The zero-order valence-corrected chi connectivity index (χ0v) is 12.6. The van der Waals surface area contributed by atoms with Crippen molar-refractivity contribution in [3.63, 3.8) is 0 Å². The second-order valence-electron chi connectivity index (χ2n) is 4.34. The maximum atomic E-state index is 14.1. The molecule has 2 rings (SSSR count). The van der Waals surface area contributed by atoms with Crippen LogP contribution in [-0.2, 0) is 6.54 Å². The normalized spacial score (nSPS) is 11.7. The number of rotatable bonds is 4. The van der Waals surface area contributed by atoms with Gasteiger partial charge in [0.2, 0.25) is 0 Å². The molecule has 4 nitrogen and oxygen atoms in total. The molecular formula is C13H12ClF2N3OS. The number of nitrogens with two attached hydrogens (primary N) is 1.